The van der Waals surface area contributed by atoms with Gasteiger partial charge in [-0.3, -0.25) is 9.48 Å². The number of aromatic nitrogens is 4. The standard InChI is InChI=1S/C21H24FN7O2/c1-12-17-19(28(3)18(13(2)30)20(31)26-17)27-21(25-12)23-8-15-9-24-29(11-15)10-14-4-6-16(22)7-5-14/h4-7,9,11,13,18,30H,8,10H2,1-3H3,(H,26,31)(H,23,25,27)/t13-,18+/m1/s1. The van der Waals surface area contributed by atoms with Gasteiger partial charge in [-0.05, 0) is 31.5 Å². The van der Waals surface area contributed by atoms with Crippen LogP contribution in [-0.4, -0.2) is 50.0 Å². The molecule has 0 saturated carbocycles. The van der Waals surface area contributed by atoms with Crippen molar-refractivity contribution < 1.29 is 14.3 Å². The minimum Gasteiger partial charge on any atom is -0.391 e. The predicted molar refractivity (Wildman–Crippen MR) is 114 cm³/mol. The van der Waals surface area contributed by atoms with E-state index in [1.165, 1.54) is 12.1 Å². The summed E-state index contributed by atoms with van der Waals surface area (Å²) in [6, 6.07) is 5.60. The zero-order chi connectivity index (χ0) is 22.1. The number of carbonyl (C=O) groups excluding carboxylic acids is 1. The van der Waals surface area contributed by atoms with Crippen molar-refractivity contribution >= 4 is 23.4 Å². The molecule has 1 amide bonds. The highest BCUT2D eigenvalue weighted by atomic mass is 19.1. The molecule has 4 rings (SSSR count). The van der Waals surface area contributed by atoms with E-state index in [1.807, 2.05) is 6.20 Å². The molecule has 3 aromatic rings. The van der Waals surface area contributed by atoms with Crippen LogP contribution in [0.25, 0.3) is 0 Å². The average Bonchev–Trinajstić information content (AvgIpc) is 3.16. The summed E-state index contributed by atoms with van der Waals surface area (Å²) in [6.07, 6.45) is 2.80. The molecule has 0 radical (unpaired) electrons. The van der Waals surface area contributed by atoms with Gasteiger partial charge in [-0.15, -0.1) is 0 Å². The van der Waals surface area contributed by atoms with Crippen molar-refractivity contribution in [1.82, 2.24) is 19.7 Å². The third kappa shape index (κ3) is 4.33. The zero-order valence-corrected chi connectivity index (χ0v) is 17.5. The second-order valence-electron chi connectivity index (χ2n) is 7.64. The van der Waals surface area contributed by atoms with Gasteiger partial charge in [-0.25, -0.2) is 9.37 Å². The SMILES string of the molecule is Cc1nc(NCc2cnn(Cc3ccc(F)cc3)c2)nc2c1NC(=O)[C@H]([C@@H](C)O)N2C. The van der Waals surface area contributed by atoms with Gasteiger partial charge < -0.3 is 20.6 Å². The molecule has 3 heterocycles. The summed E-state index contributed by atoms with van der Waals surface area (Å²) >= 11 is 0. The molecule has 0 aliphatic carbocycles. The molecule has 2 aromatic heterocycles. The fourth-order valence-electron chi connectivity index (χ4n) is 3.63. The first-order valence-electron chi connectivity index (χ1n) is 9.92. The Morgan fingerprint density at radius 3 is 2.71 bits per heavy atom. The van der Waals surface area contributed by atoms with E-state index >= 15 is 0 Å². The minimum atomic E-state index is -0.850. The zero-order valence-electron chi connectivity index (χ0n) is 17.5. The number of halogens is 1. The smallest absolute Gasteiger partial charge is 0.249 e. The summed E-state index contributed by atoms with van der Waals surface area (Å²) in [6.45, 7) is 4.36. The van der Waals surface area contributed by atoms with E-state index in [0.717, 1.165) is 11.1 Å². The van der Waals surface area contributed by atoms with Crippen LogP contribution >= 0.6 is 0 Å². The largest absolute Gasteiger partial charge is 0.391 e. The van der Waals surface area contributed by atoms with E-state index < -0.39 is 12.1 Å². The summed E-state index contributed by atoms with van der Waals surface area (Å²) in [7, 11) is 1.73. The highest BCUT2D eigenvalue weighted by Crippen LogP contribution is 2.33. The number of hydrogen-bond acceptors (Lipinski definition) is 7. The fourth-order valence-corrected chi connectivity index (χ4v) is 3.63. The van der Waals surface area contributed by atoms with Gasteiger partial charge in [-0.2, -0.15) is 10.1 Å². The molecule has 0 saturated heterocycles. The molecule has 0 unspecified atom stereocenters. The molecular formula is C21H24FN7O2. The number of rotatable bonds is 6. The number of fused-ring (bicyclic) bond motifs is 1. The highest BCUT2D eigenvalue weighted by molar-refractivity contribution is 6.03. The van der Waals surface area contributed by atoms with Crippen LogP contribution in [0.15, 0.2) is 36.7 Å². The molecule has 1 aromatic carbocycles. The Balaban J connectivity index is 1.46. The van der Waals surface area contributed by atoms with Gasteiger partial charge in [0.05, 0.1) is 24.5 Å². The van der Waals surface area contributed by atoms with Gasteiger partial charge in [0.1, 0.15) is 17.5 Å². The van der Waals surface area contributed by atoms with Crippen molar-refractivity contribution in [2.75, 3.05) is 22.6 Å². The van der Waals surface area contributed by atoms with Crippen molar-refractivity contribution in [3.63, 3.8) is 0 Å². The van der Waals surface area contributed by atoms with Gasteiger partial charge in [-0.1, -0.05) is 12.1 Å². The molecule has 0 spiro atoms. The summed E-state index contributed by atoms with van der Waals surface area (Å²) in [4.78, 5) is 22.9. The van der Waals surface area contributed by atoms with E-state index in [2.05, 4.69) is 25.7 Å². The lowest BCUT2D eigenvalue weighted by Crippen LogP contribution is -2.52. The van der Waals surface area contributed by atoms with Crippen LogP contribution in [-0.2, 0) is 17.9 Å². The van der Waals surface area contributed by atoms with Gasteiger partial charge >= 0.3 is 0 Å². The maximum atomic E-state index is 13.1. The van der Waals surface area contributed by atoms with Gasteiger partial charge in [0.2, 0.25) is 11.9 Å². The maximum Gasteiger partial charge on any atom is 0.249 e. The number of benzene rings is 1. The molecule has 0 fully saturated rings. The first kappa shape index (κ1) is 20.7. The van der Waals surface area contributed by atoms with Crippen molar-refractivity contribution in [3.05, 3.63) is 59.3 Å². The number of hydrogen-bond donors (Lipinski definition) is 3. The minimum absolute atomic E-state index is 0.264. The Hall–Kier alpha value is -3.53. The van der Waals surface area contributed by atoms with Crippen LogP contribution in [0, 0.1) is 12.7 Å². The molecule has 2 atom stereocenters. The summed E-state index contributed by atoms with van der Waals surface area (Å²) in [5.74, 6) is 0.410. The summed E-state index contributed by atoms with van der Waals surface area (Å²) in [5, 5.41) is 20.3. The number of carbonyl (C=O) groups is 1. The Morgan fingerprint density at radius 1 is 1.26 bits per heavy atom. The highest BCUT2D eigenvalue weighted by Gasteiger charge is 2.36. The van der Waals surface area contributed by atoms with E-state index in [-0.39, 0.29) is 11.7 Å². The van der Waals surface area contributed by atoms with Crippen LogP contribution in [0.1, 0.15) is 23.7 Å². The second kappa shape index (κ2) is 8.31. The topological polar surface area (TPSA) is 108 Å². The molecular weight excluding hydrogens is 401 g/mol. The summed E-state index contributed by atoms with van der Waals surface area (Å²) < 4.78 is 14.8. The number of likely N-dealkylation sites (N-methyl/N-ethyl adjacent to an activating group) is 1. The number of nitrogens with one attached hydrogen (secondary N) is 2. The monoisotopic (exact) mass is 425 g/mol. The lowest BCUT2D eigenvalue weighted by Gasteiger charge is -2.36. The predicted octanol–water partition coefficient (Wildman–Crippen LogP) is 1.92. The number of aliphatic hydroxyl groups is 1. The number of anilines is 3. The Labute approximate surface area is 178 Å². The molecule has 3 N–H and O–H groups in total. The van der Waals surface area contributed by atoms with Crippen molar-refractivity contribution in [2.45, 2.75) is 39.1 Å². The molecule has 162 valence electrons. The first-order valence-corrected chi connectivity index (χ1v) is 9.92. The number of nitrogens with zero attached hydrogens (tertiary/aromatic N) is 5. The maximum absolute atomic E-state index is 13.1. The van der Waals surface area contributed by atoms with E-state index in [0.29, 0.717) is 36.2 Å². The van der Waals surface area contributed by atoms with Crippen molar-refractivity contribution in [1.29, 1.82) is 0 Å². The molecule has 31 heavy (non-hydrogen) atoms. The van der Waals surface area contributed by atoms with Crippen LogP contribution in [0.5, 0.6) is 0 Å². The van der Waals surface area contributed by atoms with Gasteiger partial charge in [0, 0.05) is 25.4 Å². The number of aryl methyl sites for hydroxylation is 1. The molecule has 10 heteroatoms. The quantitative estimate of drug-likeness (QED) is 0.554. The van der Waals surface area contributed by atoms with E-state index in [9.17, 15) is 14.3 Å². The van der Waals surface area contributed by atoms with Gasteiger partial charge in [0.25, 0.3) is 0 Å². The third-order valence-electron chi connectivity index (χ3n) is 5.19. The lowest BCUT2D eigenvalue weighted by molar-refractivity contribution is -0.119. The third-order valence-corrected chi connectivity index (χ3v) is 5.19. The first-order chi connectivity index (χ1) is 14.8. The van der Waals surface area contributed by atoms with Crippen LogP contribution < -0.4 is 15.5 Å². The Morgan fingerprint density at radius 2 is 2.00 bits per heavy atom. The van der Waals surface area contributed by atoms with Gasteiger partial charge in [0.15, 0.2) is 5.82 Å². The Bertz CT molecular complexity index is 1100. The molecule has 1 aliphatic heterocycles. The van der Waals surface area contributed by atoms with Crippen LogP contribution in [0.2, 0.25) is 0 Å². The average molecular weight is 425 g/mol. The Kier molecular flexibility index (Phi) is 5.55. The van der Waals surface area contributed by atoms with Crippen molar-refractivity contribution in [2.24, 2.45) is 0 Å². The van der Waals surface area contributed by atoms with Crippen molar-refractivity contribution in [3.8, 4) is 0 Å². The fraction of sp³-hybridized carbons (Fsp3) is 0.333. The second-order valence-corrected chi connectivity index (χ2v) is 7.64. The molecule has 9 nitrogen and oxygen atoms in total. The van der Waals surface area contributed by atoms with Crippen LogP contribution in [0.4, 0.5) is 21.8 Å². The van der Waals surface area contributed by atoms with Crippen LogP contribution in [0.3, 0.4) is 0 Å². The van der Waals surface area contributed by atoms with E-state index in [1.54, 1.807) is 48.8 Å². The molecule has 1 aliphatic rings. The summed E-state index contributed by atoms with van der Waals surface area (Å²) in [5.41, 5.74) is 3.06. The molecule has 0 bridgehead atoms. The van der Waals surface area contributed by atoms with E-state index in [4.69, 9.17) is 0 Å². The number of amides is 1. The lowest BCUT2D eigenvalue weighted by atomic mass is 10.1. The normalized spacial score (nSPS) is 16.6. The number of aliphatic hydroxyl groups excluding tert-OH is 1.